The van der Waals surface area contributed by atoms with Gasteiger partial charge in [0, 0.05) is 11.8 Å². The quantitative estimate of drug-likeness (QED) is 0.854. The van der Waals surface area contributed by atoms with Gasteiger partial charge in [0.2, 0.25) is 0 Å². The first-order valence-electron chi connectivity index (χ1n) is 6.02. The van der Waals surface area contributed by atoms with Crippen molar-refractivity contribution in [1.82, 2.24) is 4.98 Å². The molecule has 1 heterocycles. The first kappa shape index (κ1) is 13.1. The van der Waals surface area contributed by atoms with Crippen molar-refractivity contribution in [3.05, 3.63) is 59.4 Å². The molecule has 0 unspecified atom stereocenters. The number of hydrogen-bond donors (Lipinski definition) is 1. The maximum atomic E-state index is 8.67. The summed E-state index contributed by atoms with van der Waals surface area (Å²) in [4.78, 5) is 4.28. The molecule has 96 valence electrons. The zero-order chi connectivity index (χ0) is 13.5. The van der Waals surface area contributed by atoms with Crippen LogP contribution < -0.4 is 4.74 Å². The maximum absolute atomic E-state index is 8.67. The number of hydrogen-bond acceptors (Lipinski definition) is 3. The van der Waals surface area contributed by atoms with Gasteiger partial charge in [0.1, 0.15) is 19.0 Å². The second kappa shape index (κ2) is 6.58. The van der Waals surface area contributed by atoms with E-state index in [9.17, 15) is 0 Å². The Morgan fingerprint density at radius 1 is 1.26 bits per heavy atom. The highest BCUT2D eigenvalue weighted by molar-refractivity contribution is 5.39. The van der Waals surface area contributed by atoms with Gasteiger partial charge in [-0.05, 0) is 36.8 Å². The molecular weight excluding hydrogens is 238 g/mol. The van der Waals surface area contributed by atoms with Crippen LogP contribution in [0.1, 0.15) is 16.8 Å². The molecule has 0 aliphatic rings. The van der Waals surface area contributed by atoms with E-state index in [1.54, 1.807) is 6.20 Å². The van der Waals surface area contributed by atoms with Gasteiger partial charge in [0.15, 0.2) is 0 Å². The van der Waals surface area contributed by atoms with Crippen molar-refractivity contribution in [3.63, 3.8) is 0 Å². The molecule has 0 fully saturated rings. The van der Waals surface area contributed by atoms with Crippen LogP contribution in [0.25, 0.3) is 0 Å². The molecule has 0 saturated carbocycles. The Kier molecular flexibility index (Phi) is 4.54. The third-order valence-corrected chi connectivity index (χ3v) is 2.64. The van der Waals surface area contributed by atoms with Crippen molar-refractivity contribution in [1.29, 1.82) is 0 Å². The molecule has 3 heteroatoms. The van der Waals surface area contributed by atoms with Gasteiger partial charge in [-0.3, -0.25) is 4.98 Å². The minimum Gasteiger partial charge on any atom is -0.487 e. The minimum absolute atomic E-state index is 0.141. The molecule has 0 aliphatic heterocycles. The highest BCUT2D eigenvalue weighted by atomic mass is 16.5. The molecule has 0 saturated heterocycles. The summed E-state index contributed by atoms with van der Waals surface area (Å²) in [5.41, 5.74) is 2.86. The van der Waals surface area contributed by atoms with Gasteiger partial charge in [0.25, 0.3) is 0 Å². The number of nitrogens with zero attached hydrogens (tertiary/aromatic N) is 1. The average molecular weight is 253 g/mol. The molecular formula is C16H15NO2. The lowest BCUT2D eigenvalue weighted by molar-refractivity contribution is 0.300. The summed E-state index contributed by atoms with van der Waals surface area (Å²) >= 11 is 0. The van der Waals surface area contributed by atoms with Crippen LogP contribution in [0.15, 0.2) is 42.6 Å². The van der Waals surface area contributed by atoms with Gasteiger partial charge in [-0.1, -0.05) is 24.0 Å². The standard InChI is InChI=1S/C16H15NO2/c1-13-5-3-9-17-16(13)12-19-15-8-2-6-14(11-15)7-4-10-18/h2-3,5-6,8-9,11,18H,10,12H2,1H3. The number of ether oxygens (including phenoxy) is 1. The van der Waals surface area contributed by atoms with E-state index in [-0.39, 0.29) is 6.61 Å². The largest absolute Gasteiger partial charge is 0.487 e. The molecule has 1 aromatic heterocycles. The summed E-state index contributed by atoms with van der Waals surface area (Å²) in [5.74, 6) is 6.21. The number of aryl methyl sites for hydroxylation is 1. The zero-order valence-electron chi connectivity index (χ0n) is 10.8. The summed E-state index contributed by atoms with van der Waals surface area (Å²) in [7, 11) is 0. The molecule has 1 aromatic carbocycles. The van der Waals surface area contributed by atoms with E-state index in [0.717, 1.165) is 22.6 Å². The van der Waals surface area contributed by atoms with Crippen LogP contribution in [-0.2, 0) is 6.61 Å². The van der Waals surface area contributed by atoms with Crippen LogP contribution in [0.4, 0.5) is 0 Å². The number of aliphatic hydroxyl groups excluding tert-OH is 1. The minimum atomic E-state index is -0.141. The van der Waals surface area contributed by atoms with Crippen molar-refractivity contribution in [2.45, 2.75) is 13.5 Å². The molecule has 1 N–H and O–H groups in total. The van der Waals surface area contributed by atoms with Gasteiger partial charge < -0.3 is 9.84 Å². The molecule has 0 aliphatic carbocycles. The van der Waals surface area contributed by atoms with E-state index in [2.05, 4.69) is 16.8 Å². The van der Waals surface area contributed by atoms with Gasteiger partial charge in [-0.15, -0.1) is 0 Å². The number of pyridine rings is 1. The summed E-state index contributed by atoms with van der Waals surface area (Å²) in [6.07, 6.45) is 1.76. The van der Waals surface area contributed by atoms with Crippen molar-refractivity contribution in [2.24, 2.45) is 0 Å². The van der Waals surface area contributed by atoms with Crippen LogP contribution in [0, 0.1) is 18.8 Å². The van der Waals surface area contributed by atoms with E-state index in [1.807, 2.05) is 43.3 Å². The predicted octanol–water partition coefficient (Wildman–Crippen LogP) is 2.31. The van der Waals surface area contributed by atoms with E-state index in [0.29, 0.717) is 6.61 Å². The zero-order valence-corrected chi connectivity index (χ0v) is 10.8. The molecule has 2 aromatic rings. The van der Waals surface area contributed by atoms with Crippen molar-refractivity contribution in [2.75, 3.05) is 6.61 Å². The molecule has 2 rings (SSSR count). The third kappa shape index (κ3) is 3.84. The van der Waals surface area contributed by atoms with E-state index in [1.165, 1.54) is 0 Å². The predicted molar refractivity (Wildman–Crippen MR) is 73.7 cm³/mol. The number of rotatable bonds is 3. The molecule has 0 spiro atoms. The van der Waals surface area contributed by atoms with Crippen molar-refractivity contribution >= 4 is 0 Å². The first-order chi connectivity index (χ1) is 9.29. The second-order valence-electron chi connectivity index (χ2n) is 4.04. The van der Waals surface area contributed by atoms with Gasteiger partial charge in [-0.25, -0.2) is 0 Å². The monoisotopic (exact) mass is 253 g/mol. The average Bonchev–Trinajstić information content (AvgIpc) is 2.45. The summed E-state index contributed by atoms with van der Waals surface area (Å²) in [5, 5.41) is 8.67. The Labute approximate surface area is 112 Å². The second-order valence-corrected chi connectivity index (χ2v) is 4.04. The lowest BCUT2D eigenvalue weighted by atomic mass is 10.2. The van der Waals surface area contributed by atoms with E-state index >= 15 is 0 Å². The fourth-order valence-electron chi connectivity index (χ4n) is 1.63. The lowest BCUT2D eigenvalue weighted by Crippen LogP contribution is -2.00. The van der Waals surface area contributed by atoms with Crippen LogP contribution in [0.5, 0.6) is 5.75 Å². The SMILES string of the molecule is Cc1cccnc1COc1cccc(C#CCO)c1. The van der Waals surface area contributed by atoms with Crippen LogP contribution in [0.3, 0.4) is 0 Å². The molecule has 0 radical (unpaired) electrons. The summed E-state index contributed by atoms with van der Waals surface area (Å²) < 4.78 is 5.70. The number of aliphatic hydroxyl groups is 1. The Bertz CT molecular complexity index is 611. The third-order valence-electron chi connectivity index (χ3n) is 2.64. The normalized spacial score (nSPS) is 9.58. The van der Waals surface area contributed by atoms with Gasteiger partial charge in [-0.2, -0.15) is 0 Å². The summed E-state index contributed by atoms with van der Waals surface area (Å²) in [6.45, 7) is 2.30. The number of aromatic nitrogens is 1. The Morgan fingerprint density at radius 2 is 2.16 bits per heavy atom. The van der Waals surface area contributed by atoms with Gasteiger partial charge in [0.05, 0.1) is 5.69 Å². The summed E-state index contributed by atoms with van der Waals surface area (Å²) in [6, 6.07) is 11.4. The Morgan fingerprint density at radius 3 is 2.95 bits per heavy atom. The fourth-order valence-corrected chi connectivity index (χ4v) is 1.63. The highest BCUT2D eigenvalue weighted by Gasteiger charge is 2.00. The topological polar surface area (TPSA) is 42.4 Å². The molecule has 0 amide bonds. The van der Waals surface area contributed by atoms with Crippen molar-refractivity contribution in [3.8, 4) is 17.6 Å². The smallest absolute Gasteiger partial charge is 0.130 e. The first-order valence-corrected chi connectivity index (χ1v) is 6.02. The van der Waals surface area contributed by atoms with E-state index < -0.39 is 0 Å². The van der Waals surface area contributed by atoms with Gasteiger partial charge >= 0.3 is 0 Å². The van der Waals surface area contributed by atoms with Crippen LogP contribution in [-0.4, -0.2) is 16.7 Å². The lowest BCUT2D eigenvalue weighted by Gasteiger charge is -2.07. The Balaban J connectivity index is 2.06. The van der Waals surface area contributed by atoms with E-state index in [4.69, 9.17) is 9.84 Å². The van der Waals surface area contributed by atoms with Crippen LogP contribution in [0.2, 0.25) is 0 Å². The van der Waals surface area contributed by atoms with Crippen molar-refractivity contribution < 1.29 is 9.84 Å². The molecule has 0 atom stereocenters. The molecule has 0 bridgehead atoms. The fraction of sp³-hybridized carbons (Fsp3) is 0.188. The molecule has 3 nitrogen and oxygen atoms in total. The van der Waals surface area contributed by atoms with Crippen LogP contribution >= 0.6 is 0 Å². The Hall–Kier alpha value is -2.31. The highest BCUT2D eigenvalue weighted by Crippen LogP contribution is 2.15. The maximum Gasteiger partial charge on any atom is 0.130 e. The number of benzene rings is 1. The molecule has 19 heavy (non-hydrogen) atoms.